The number of carbonyl (C=O) groups is 1. The van der Waals surface area contributed by atoms with Crippen molar-refractivity contribution in [3.8, 4) is 11.8 Å². The SMILES string of the molecule is CCNc1nc(Nc2cc(F)c(C(=O)N3CCN(C)CC3C)cc2OC)nc2[nH]cc(C#N)c12. The number of carbonyl (C=O) groups excluding carboxylic acids is 1. The van der Waals surface area contributed by atoms with Crippen molar-refractivity contribution in [2.45, 2.75) is 19.9 Å². The molecule has 3 heterocycles. The fourth-order valence-electron chi connectivity index (χ4n) is 4.17. The van der Waals surface area contributed by atoms with Gasteiger partial charge in [-0.05, 0) is 27.0 Å². The Morgan fingerprint density at radius 1 is 1.38 bits per heavy atom. The number of anilines is 3. The molecule has 178 valence electrons. The molecule has 34 heavy (non-hydrogen) atoms. The van der Waals surface area contributed by atoms with E-state index in [1.54, 1.807) is 11.1 Å². The van der Waals surface area contributed by atoms with Crippen molar-refractivity contribution in [1.82, 2.24) is 24.8 Å². The fourth-order valence-corrected chi connectivity index (χ4v) is 4.17. The Bertz CT molecular complexity index is 1270. The van der Waals surface area contributed by atoms with E-state index in [-0.39, 0.29) is 34.9 Å². The summed E-state index contributed by atoms with van der Waals surface area (Å²) in [5.74, 6) is -0.101. The van der Waals surface area contributed by atoms with Crippen LogP contribution in [0, 0.1) is 17.1 Å². The molecule has 10 nitrogen and oxygen atoms in total. The van der Waals surface area contributed by atoms with Gasteiger partial charge in [-0.1, -0.05) is 0 Å². The quantitative estimate of drug-likeness (QED) is 0.507. The molecule has 0 spiro atoms. The van der Waals surface area contributed by atoms with Crippen LogP contribution in [0.2, 0.25) is 0 Å². The van der Waals surface area contributed by atoms with Gasteiger partial charge >= 0.3 is 0 Å². The van der Waals surface area contributed by atoms with Gasteiger partial charge in [0.05, 0.1) is 29.3 Å². The molecule has 1 amide bonds. The van der Waals surface area contributed by atoms with E-state index < -0.39 is 5.82 Å². The first-order valence-electron chi connectivity index (χ1n) is 11.0. The third kappa shape index (κ3) is 4.32. The van der Waals surface area contributed by atoms with Gasteiger partial charge in [-0.15, -0.1) is 0 Å². The number of likely N-dealkylation sites (N-methyl/N-ethyl adjacent to an activating group) is 1. The Balaban J connectivity index is 1.67. The maximum absolute atomic E-state index is 15.1. The van der Waals surface area contributed by atoms with E-state index in [1.807, 2.05) is 20.9 Å². The first-order chi connectivity index (χ1) is 16.4. The Morgan fingerprint density at radius 3 is 2.85 bits per heavy atom. The highest BCUT2D eigenvalue weighted by Gasteiger charge is 2.29. The van der Waals surface area contributed by atoms with Crippen LogP contribution in [-0.2, 0) is 0 Å². The van der Waals surface area contributed by atoms with E-state index in [2.05, 4.69) is 36.6 Å². The predicted molar refractivity (Wildman–Crippen MR) is 127 cm³/mol. The van der Waals surface area contributed by atoms with Crippen LogP contribution in [-0.4, -0.2) is 77.0 Å². The summed E-state index contributed by atoms with van der Waals surface area (Å²) >= 11 is 0. The van der Waals surface area contributed by atoms with Crippen LogP contribution >= 0.6 is 0 Å². The van der Waals surface area contributed by atoms with E-state index in [0.29, 0.717) is 35.5 Å². The van der Waals surface area contributed by atoms with Gasteiger partial charge in [-0.3, -0.25) is 4.79 Å². The smallest absolute Gasteiger partial charge is 0.257 e. The number of rotatable bonds is 6. The third-order valence-electron chi connectivity index (χ3n) is 5.85. The highest BCUT2D eigenvalue weighted by atomic mass is 19.1. The van der Waals surface area contributed by atoms with Crippen LogP contribution in [0.25, 0.3) is 11.0 Å². The lowest BCUT2D eigenvalue weighted by Gasteiger charge is -2.38. The van der Waals surface area contributed by atoms with Gasteiger partial charge in [0.25, 0.3) is 5.91 Å². The summed E-state index contributed by atoms with van der Waals surface area (Å²) in [4.78, 5) is 28.7. The largest absolute Gasteiger partial charge is 0.495 e. The van der Waals surface area contributed by atoms with E-state index >= 15 is 4.39 Å². The number of piperazine rings is 1. The molecule has 4 rings (SSSR count). The van der Waals surface area contributed by atoms with Crippen molar-refractivity contribution in [3.05, 3.63) is 35.3 Å². The van der Waals surface area contributed by atoms with Crippen molar-refractivity contribution < 1.29 is 13.9 Å². The maximum Gasteiger partial charge on any atom is 0.257 e. The Morgan fingerprint density at radius 2 is 2.18 bits per heavy atom. The van der Waals surface area contributed by atoms with Crippen LogP contribution in [0.1, 0.15) is 29.8 Å². The summed E-state index contributed by atoms with van der Waals surface area (Å²) in [6, 6.07) is 4.69. The second-order valence-corrected chi connectivity index (χ2v) is 8.23. The van der Waals surface area contributed by atoms with Crippen molar-refractivity contribution in [1.29, 1.82) is 5.26 Å². The minimum absolute atomic E-state index is 0.0295. The van der Waals surface area contributed by atoms with E-state index in [1.165, 1.54) is 19.2 Å². The minimum atomic E-state index is -0.668. The van der Waals surface area contributed by atoms with Crippen LogP contribution < -0.4 is 15.4 Å². The van der Waals surface area contributed by atoms with Crippen LogP contribution in [0.15, 0.2) is 18.3 Å². The number of nitriles is 1. The van der Waals surface area contributed by atoms with Crippen molar-refractivity contribution >= 4 is 34.4 Å². The number of nitrogens with zero attached hydrogens (tertiary/aromatic N) is 5. The van der Waals surface area contributed by atoms with Crippen molar-refractivity contribution in [2.24, 2.45) is 0 Å². The van der Waals surface area contributed by atoms with Gasteiger partial charge in [-0.2, -0.15) is 15.2 Å². The Hall–Kier alpha value is -3.91. The average Bonchev–Trinajstić information content (AvgIpc) is 3.22. The third-order valence-corrected chi connectivity index (χ3v) is 5.85. The lowest BCUT2D eigenvalue weighted by molar-refractivity contribution is 0.0528. The molecule has 1 saturated heterocycles. The Labute approximate surface area is 196 Å². The van der Waals surface area contributed by atoms with Crippen molar-refractivity contribution in [3.63, 3.8) is 0 Å². The van der Waals surface area contributed by atoms with Crippen molar-refractivity contribution in [2.75, 3.05) is 51.0 Å². The lowest BCUT2D eigenvalue weighted by atomic mass is 10.1. The van der Waals surface area contributed by atoms with Gasteiger partial charge in [0, 0.05) is 44.5 Å². The molecular formula is C23H27FN8O2. The molecule has 0 bridgehead atoms. The van der Waals surface area contributed by atoms with E-state index in [4.69, 9.17) is 4.74 Å². The number of methoxy groups -OCH3 is 1. The number of nitrogens with one attached hydrogen (secondary N) is 3. The standard InChI is InChI=1S/C23H27FN8O2/c1-5-26-20-19-14(10-25)11-27-21(19)30-23(29-20)28-17-9-16(24)15(8-18(17)34-4)22(33)32-7-6-31(3)12-13(32)2/h8-9,11,13H,5-7,12H2,1-4H3,(H3,26,27,28,29,30). The topological polar surface area (TPSA) is 122 Å². The zero-order valence-electron chi connectivity index (χ0n) is 19.6. The first-order valence-corrected chi connectivity index (χ1v) is 11.0. The normalized spacial score (nSPS) is 16.4. The highest BCUT2D eigenvalue weighted by molar-refractivity contribution is 5.96. The van der Waals surface area contributed by atoms with Gasteiger partial charge in [0.1, 0.15) is 29.1 Å². The second-order valence-electron chi connectivity index (χ2n) is 8.23. The predicted octanol–water partition coefficient (Wildman–Crippen LogP) is 2.93. The Kier molecular flexibility index (Phi) is 6.51. The first kappa shape index (κ1) is 23.3. The number of fused-ring (bicyclic) bond motifs is 1. The molecule has 1 atom stereocenters. The molecule has 1 fully saturated rings. The number of aromatic amines is 1. The second kappa shape index (κ2) is 9.52. The summed E-state index contributed by atoms with van der Waals surface area (Å²) in [6.45, 7) is 6.43. The van der Waals surface area contributed by atoms with E-state index in [0.717, 1.165) is 13.1 Å². The minimum Gasteiger partial charge on any atom is -0.495 e. The van der Waals surface area contributed by atoms with E-state index in [9.17, 15) is 10.1 Å². The number of hydrogen-bond donors (Lipinski definition) is 3. The number of aromatic nitrogens is 3. The van der Waals surface area contributed by atoms with Gasteiger partial charge < -0.3 is 30.2 Å². The zero-order valence-corrected chi connectivity index (χ0v) is 19.6. The molecule has 1 aliphatic heterocycles. The lowest BCUT2D eigenvalue weighted by Crippen LogP contribution is -2.52. The van der Waals surface area contributed by atoms with Crippen LogP contribution in [0.5, 0.6) is 5.75 Å². The number of H-pyrrole nitrogens is 1. The van der Waals surface area contributed by atoms with Gasteiger partial charge in [0.15, 0.2) is 0 Å². The summed E-state index contributed by atoms with van der Waals surface area (Å²) in [6.07, 6.45) is 1.56. The zero-order chi connectivity index (χ0) is 24.4. The van der Waals surface area contributed by atoms with Gasteiger partial charge in [0.2, 0.25) is 5.95 Å². The summed E-state index contributed by atoms with van der Waals surface area (Å²) in [5, 5.41) is 16.0. The number of amides is 1. The molecule has 2 aromatic heterocycles. The number of benzene rings is 1. The summed E-state index contributed by atoms with van der Waals surface area (Å²) in [7, 11) is 3.45. The molecule has 0 saturated carbocycles. The monoisotopic (exact) mass is 466 g/mol. The summed E-state index contributed by atoms with van der Waals surface area (Å²) < 4.78 is 20.6. The molecular weight excluding hydrogens is 439 g/mol. The van der Waals surface area contributed by atoms with Crippen LogP contribution in [0.4, 0.5) is 21.8 Å². The number of hydrogen-bond acceptors (Lipinski definition) is 8. The number of ether oxygens (including phenoxy) is 1. The highest BCUT2D eigenvalue weighted by Crippen LogP contribution is 2.32. The average molecular weight is 467 g/mol. The molecule has 3 aromatic rings. The fraction of sp³-hybridized carbons (Fsp3) is 0.391. The molecule has 3 N–H and O–H groups in total. The van der Waals surface area contributed by atoms with Crippen LogP contribution in [0.3, 0.4) is 0 Å². The molecule has 0 radical (unpaired) electrons. The molecule has 1 unspecified atom stereocenters. The number of halogens is 1. The molecule has 1 aromatic carbocycles. The molecule has 11 heteroatoms. The molecule has 1 aliphatic rings. The summed E-state index contributed by atoms with van der Waals surface area (Å²) in [5.41, 5.74) is 1.10. The maximum atomic E-state index is 15.1. The van der Waals surface area contributed by atoms with Gasteiger partial charge in [-0.25, -0.2) is 4.39 Å². The molecule has 0 aliphatic carbocycles.